The number of hydrogen-bond acceptors (Lipinski definition) is 6. The van der Waals surface area contributed by atoms with Crippen LogP contribution >= 0.6 is 11.3 Å². The molecule has 3 aromatic rings. The number of rotatable bonds is 6. The molecule has 7 heteroatoms. The van der Waals surface area contributed by atoms with Gasteiger partial charge in [0.1, 0.15) is 11.5 Å². The molecule has 0 bridgehead atoms. The van der Waals surface area contributed by atoms with E-state index in [1.165, 1.54) is 17.4 Å². The Morgan fingerprint density at radius 2 is 2.13 bits per heavy atom. The molecule has 0 aliphatic heterocycles. The van der Waals surface area contributed by atoms with E-state index in [1.54, 1.807) is 12.1 Å². The molecule has 23 heavy (non-hydrogen) atoms. The molecule has 0 aliphatic carbocycles. The lowest BCUT2D eigenvalue weighted by atomic mass is 10.1. The lowest BCUT2D eigenvalue weighted by Crippen LogP contribution is -2.24. The van der Waals surface area contributed by atoms with Crippen LogP contribution in [0.2, 0.25) is 0 Å². The van der Waals surface area contributed by atoms with Crippen molar-refractivity contribution in [3.8, 4) is 11.6 Å². The zero-order chi connectivity index (χ0) is 16.2. The summed E-state index contributed by atoms with van der Waals surface area (Å²) in [6.07, 6.45) is 1.14. The van der Waals surface area contributed by atoms with Crippen LogP contribution in [-0.2, 0) is 12.8 Å². The second-order valence-electron chi connectivity index (χ2n) is 5.30. The van der Waals surface area contributed by atoms with Crippen molar-refractivity contribution < 1.29 is 8.91 Å². The third-order valence-corrected chi connectivity index (χ3v) is 4.37. The Kier molecular flexibility index (Phi) is 4.78. The lowest BCUT2D eigenvalue weighted by Gasteiger charge is -2.04. The SMILES string of the molecule is CNC(C)Cc1noc(-c2csc(Cc3ccccc3F)n2)n1. The Morgan fingerprint density at radius 3 is 2.91 bits per heavy atom. The van der Waals surface area contributed by atoms with Crippen molar-refractivity contribution in [1.29, 1.82) is 0 Å². The fourth-order valence-corrected chi connectivity index (χ4v) is 2.90. The van der Waals surface area contributed by atoms with Gasteiger partial charge in [0.15, 0.2) is 5.82 Å². The monoisotopic (exact) mass is 332 g/mol. The summed E-state index contributed by atoms with van der Waals surface area (Å²) >= 11 is 1.46. The van der Waals surface area contributed by atoms with E-state index in [4.69, 9.17) is 4.52 Å². The van der Waals surface area contributed by atoms with Crippen LogP contribution in [0.15, 0.2) is 34.2 Å². The molecule has 0 fully saturated rings. The van der Waals surface area contributed by atoms with Gasteiger partial charge in [0, 0.05) is 24.3 Å². The van der Waals surface area contributed by atoms with Crippen molar-refractivity contribution in [1.82, 2.24) is 20.4 Å². The maximum absolute atomic E-state index is 13.7. The molecule has 3 rings (SSSR count). The predicted molar refractivity (Wildman–Crippen MR) is 86.8 cm³/mol. The minimum atomic E-state index is -0.217. The van der Waals surface area contributed by atoms with Crippen LogP contribution in [0.5, 0.6) is 0 Å². The third kappa shape index (κ3) is 3.80. The number of halogens is 1. The van der Waals surface area contributed by atoms with Gasteiger partial charge in [-0.05, 0) is 25.6 Å². The first-order valence-electron chi connectivity index (χ1n) is 7.33. The molecule has 0 spiro atoms. The van der Waals surface area contributed by atoms with E-state index in [2.05, 4.69) is 20.4 Å². The molecule has 1 atom stereocenters. The van der Waals surface area contributed by atoms with Crippen molar-refractivity contribution in [3.05, 3.63) is 51.9 Å². The summed E-state index contributed by atoms with van der Waals surface area (Å²) < 4.78 is 19.0. The van der Waals surface area contributed by atoms with Gasteiger partial charge in [-0.1, -0.05) is 23.4 Å². The van der Waals surface area contributed by atoms with Gasteiger partial charge in [-0.3, -0.25) is 0 Å². The van der Waals surface area contributed by atoms with Crippen molar-refractivity contribution in [2.24, 2.45) is 0 Å². The van der Waals surface area contributed by atoms with Gasteiger partial charge in [-0.25, -0.2) is 9.37 Å². The molecule has 0 aliphatic rings. The maximum Gasteiger partial charge on any atom is 0.277 e. The van der Waals surface area contributed by atoms with Crippen LogP contribution in [0.1, 0.15) is 23.3 Å². The molecule has 0 amide bonds. The molecule has 0 saturated carbocycles. The summed E-state index contributed by atoms with van der Waals surface area (Å²) in [5, 5.41) is 9.76. The van der Waals surface area contributed by atoms with Crippen molar-refractivity contribution >= 4 is 11.3 Å². The number of benzene rings is 1. The molecule has 1 N–H and O–H groups in total. The highest BCUT2D eigenvalue weighted by atomic mass is 32.1. The van der Waals surface area contributed by atoms with Gasteiger partial charge < -0.3 is 9.84 Å². The number of thiazole rings is 1. The Hall–Kier alpha value is -2.12. The summed E-state index contributed by atoms with van der Waals surface area (Å²) in [5.74, 6) is 0.829. The number of nitrogens with zero attached hydrogens (tertiary/aromatic N) is 3. The number of likely N-dealkylation sites (N-methyl/N-ethyl adjacent to an activating group) is 1. The minimum Gasteiger partial charge on any atom is -0.332 e. The molecule has 1 aromatic carbocycles. The molecule has 0 saturated heterocycles. The molecular weight excluding hydrogens is 315 g/mol. The van der Waals surface area contributed by atoms with Gasteiger partial charge in [-0.2, -0.15) is 4.98 Å². The average Bonchev–Trinajstić information content (AvgIpc) is 3.18. The maximum atomic E-state index is 13.7. The van der Waals surface area contributed by atoms with E-state index in [1.807, 2.05) is 25.4 Å². The van der Waals surface area contributed by atoms with Crippen molar-refractivity contribution in [2.45, 2.75) is 25.8 Å². The molecule has 2 heterocycles. The second kappa shape index (κ2) is 6.97. The zero-order valence-corrected chi connectivity index (χ0v) is 13.7. The first-order chi connectivity index (χ1) is 11.2. The van der Waals surface area contributed by atoms with Gasteiger partial charge >= 0.3 is 0 Å². The normalized spacial score (nSPS) is 12.5. The van der Waals surface area contributed by atoms with Crippen LogP contribution in [-0.4, -0.2) is 28.2 Å². The highest BCUT2D eigenvalue weighted by molar-refractivity contribution is 7.10. The van der Waals surface area contributed by atoms with Gasteiger partial charge in [0.25, 0.3) is 5.89 Å². The second-order valence-corrected chi connectivity index (χ2v) is 6.25. The van der Waals surface area contributed by atoms with Gasteiger partial charge in [0.2, 0.25) is 0 Å². The summed E-state index contributed by atoms with van der Waals surface area (Å²) in [6, 6.07) is 6.99. The summed E-state index contributed by atoms with van der Waals surface area (Å²) in [4.78, 5) is 8.83. The highest BCUT2D eigenvalue weighted by Gasteiger charge is 2.14. The van der Waals surface area contributed by atoms with Crippen LogP contribution in [0.3, 0.4) is 0 Å². The first-order valence-corrected chi connectivity index (χ1v) is 8.21. The lowest BCUT2D eigenvalue weighted by molar-refractivity contribution is 0.417. The van der Waals surface area contributed by atoms with E-state index in [0.717, 1.165) is 5.01 Å². The number of nitrogens with one attached hydrogen (secondary N) is 1. The molecule has 2 aromatic heterocycles. The quantitative estimate of drug-likeness (QED) is 0.751. The Balaban J connectivity index is 1.73. The fourth-order valence-electron chi connectivity index (χ4n) is 2.11. The van der Waals surface area contributed by atoms with E-state index in [0.29, 0.717) is 35.8 Å². The summed E-state index contributed by atoms with van der Waals surface area (Å²) in [5.41, 5.74) is 1.26. The first kappa shape index (κ1) is 15.8. The average molecular weight is 332 g/mol. The predicted octanol–water partition coefficient (Wildman–Crippen LogP) is 3.07. The standard InChI is InChI=1S/C16H17FN4OS/c1-10(18-2)7-14-20-16(22-21-14)13-9-23-15(19-13)8-11-5-3-4-6-12(11)17/h3-6,9-10,18H,7-8H2,1-2H3. The number of aromatic nitrogens is 3. The van der Waals surface area contributed by atoms with Crippen molar-refractivity contribution in [2.75, 3.05) is 7.05 Å². The smallest absolute Gasteiger partial charge is 0.277 e. The third-order valence-electron chi connectivity index (χ3n) is 3.52. The van der Waals surface area contributed by atoms with Crippen LogP contribution in [0.4, 0.5) is 4.39 Å². The summed E-state index contributed by atoms with van der Waals surface area (Å²) in [7, 11) is 1.89. The minimum absolute atomic E-state index is 0.217. The fraction of sp³-hybridized carbons (Fsp3) is 0.312. The molecule has 5 nitrogen and oxygen atoms in total. The van der Waals surface area contributed by atoms with E-state index >= 15 is 0 Å². The van der Waals surface area contributed by atoms with E-state index in [-0.39, 0.29) is 11.9 Å². The van der Waals surface area contributed by atoms with Crippen LogP contribution < -0.4 is 5.32 Å². The van der Waals surface area contributed by atoms with E-state index in [9.17, 15) is 4.39 Å². The Morgan fingerprint density at radius 1 is 1.30 bits per heavy atom. The molecule has 0 radical (unpaired) electrons. The zero-order valence-electron chi connectivity index (χ0n) is 12.9. The molecule has 120 valence electrons. The number of hydrogen-bond donors (Lipinski definition) is 1. The molecule has 1 unspecified atom stereocenters. The molecular formula is C16H17FN4OS. The van der Waals surface area contributed by atoms with Crippen LogP contribution in [0, 0.1) is 5.82 Å². The van der Waals surface area contributed by atoms with Gasteiger partial charge in [0.05, 0.1) is 5.01 Å². The summed E-state index contributed by atoms with van der Waals surface area (Å²) in [6.45, 7) is 2.05. The Labute approximate surface area is 137 Å². The Bertz CT molecular complexity index is 786. The highest BCUT2D eigenvalue weighted by Crippen LogP contribution is 2.23. The van der Waals surface area contributed by atoms with Crippen LogP contribution in [0.25, 0.3) is 11.6 Å². The largest absolute Gasteiger partial charge is 0.332 e. The topological polar surface area (TPSA) is 63.8 Å². The van der Waals surface area contributed by atoms with Crippen molar-refractivity contribution in [3.63, 3.8) is 0 Å². The van der Waals surface area contributed by atoms with E-state index < -0.39 is 0 Å². The van der Waals surface area contributed by atoms with Gasteiger partial charge in [-0.15, -0.1) is 11.3 Å².